The van der Waals surface area contributed by atoms with Gasteiger partial charge in [-0.25, -0.2) is 0 Å². The van der Waals surface area contributed by atoms with Gasteiger partial charge in [-0.15, -0.1) is 0 Å². The molecule has 1 unspecified atom stereocenters. The Bertz CT molecular complexity index is 947. The predicted molar refractivity (Wildman–Crippen MR) is 93.2 cm³/mol. The van der Waals surface area contributed by atoms with Crippen molar-refractivity contribution in [1.82, 2.24) is 10.3 Å². The summed E-state index contributed by atoms with van der Waals surface area (Å²) in [6, 6.07) is 17.0. The number of hydrogen-bond acceptors (Lipinski definition) is 2. The number of fused-ring (bicyclic) bond motifs is 1. The minimum Gasteiger partial charge on any atom is -0.361 e. The van der Waals surface area contributed by atoms with E-state index in [4.69, 9.17) is 5.26 Å². The molecule has 1 saturated heterocycles. The Balaban J connectivity index is 1.62. The summed E-state index contributed by atoms with van der Waals surface area (Å²) in [5, 5.41) is 13.0. The fourth-order valence-corrected chi connectivity index (χ4v) is 3.37. The molecule has 4 rings (SSSR count). The van der Waals surface area contributed by atoms with Gasteiger partial charge in [-0.05, 0) is 34.7 Å². The van der Waals surface area contributed by atoms with Crippen molar-refractivity contribution in [1.29, 1.82) is 5.26 Å². The van der Waals surface area contributed by atoms with Crippen molar-refractivity contribution < 1.29 is 4.79 Å². The summed E-state index contributed by atoms with van der Waals surface area (Å²) in [6.07, 6.45) is 3.81. The fraction of sp³-hybridized carbons (Fsp3) is 0.200. The molecule has 0 bridgehead atoms. The minimum absolute atomic E-state index is 0.134. The summed E-state index contributed by atoms with van der Waals surface area (Å²) in [6.45, 7) is 0. The van der Waals surface area contributed by atoms with Gasteiger partial charge in [-0.1, -0.05) is 36.4 Å². The van der Waals surface area contributed by atoms with E-state index in [2.05, 4.69) is 58.8 Å². The highest BCUT2D eigenvalue weighted by Gasteiger charge is 2.21. The summed E-state index contributed by atoms with van der Waals surface area (Å²) in [5.74, 6) is 0.134. The monoisotopic (exact) mass is 315 g/mol. The van der Waals surface area contributed by atoms with Gasteiger partial charge in [0.15, 0.2) is 0 Å². The van der Waals surface area contributed by atoms with Crippen LogP contribution in [0.15, 0.2) is 48.7 Å². The highest BCUT2D eigenvalue weighted by atomic mass is 16.1. The summed E-state index contributed by atoms with van der Waals surface area (Å²) in [5.41, 5.74) is 5.51. The number of nitriles is 1. The fourth-order valence-electron chi connectivity index (χ4n) is 3.37. The van der Waals surface area contributed by atoms with Crippen molar-refractivity contribution in [2.24, 2.45) is 0 Å². The zero-order chi connectivity index (χ0) is 16.5. The first-order chi connectivity index (χ1) is 11.7. The molecule has 24 heavy (non-hydrogen) atoms. The summed E-state index contributed by atoms with van der Waals surface area (Å²) < 4.78 is 0. The van der Waals surface area contributed by atoms with Crippen LogP contribution in [0.2, 0.25) is 0 Å². The minimum atomic E-state index is 0.134. The van der Waals surface area contributed by atoms with Crippen molar-refractivity contribution in [3.8, 4) is 17.2 Å². The number of aromatic nitrogens is 1. The number of nitrogens with zero attached hydrogens (tertiary/aromatic N) is 1. The van der Waals surface area contributed by atoms with Crippen LogP contribution in [0.25, 0.3) is 22.0 Å². The first kappa shape index (κ1) is 14.5. The van der Waals surface area contributed by atoms with Gasteiger partial charge in [0.25, 0.3) is 0 Å². The molecular formula is C20H17N3O. The van der Waals surface area contributed by atoms with E-state index in [1.807, 2.05) is 6.20 Å². The molecule has 1 aromatic heterocycles. The molecule has 2 heterocycles. The van der Waals surface area contributed by atoms with E-state index in [0.29, 0.717) is 12.8 Å². The summed E-state index contributed by atoms with van der Waals surface area (Å²) in [7, 11) is 0. The van der Waals surface area contributed by atoms with Gasteiger partial charge >= 0.3 is 0 Å². The third-order valence-electron chi connectivity index (χ3n) is 4.68. The van der Waals surface area contributed by atoms with Gasteiger partial charge in [0.1, 0.15) is 0 Å². The molecule has 0 saturated carbocycles. The van der Waals surface area contributed by atoms with Gasteiger partial charge in [0.05, 0.1) is 18.5 Å². The second-order valence-corrected chi connectivity index (χ2v) is 6.19. The van der Waals surface area contributed by atoms with E-state index >= 15 is 0 Å². The van der Waals surface area contributed by atoms with Crippen molar-refractivity contribution >= 4 is 16.8 Å². The lowest BCUT2D eigenvalue weighted by molar-refractivity contribution is -0.119. The first-order valence-corrected chi connectivity index (χ1v) is 8.11. The SMILES string of the molecule is N#CCc1c[nH]c2cc(-c3ccc(C4CCC(=O)N4)cc3)ccc12. The Morgan fingerprint density at radius 2 is 1.92 bits per heavy atom. The van der Waals surface area contributed by atoms with Crippen molar-refractivity contribution in [3.63, 3.8) is 0 Å². The molecule has 0 radical (unpaired) electrons. The second kappa shape index (κ2) is 5.86. The maximum absolute atomic E-state index is 11.4. The Kier molecular flexibility index (Phi) is 3.55. The molecule has 1 amide bonds. The molecule has 1 aliphatic rings. The van der Waals surface area contributed by atoms with Crippen LogP contribution in [0.4, 0.5) is 0 Å². The number of amides is 1. The molecule has 2 N–H and O–H groups in total. The van der Waals surface area contributed by atoms with Crippen LogP contribution in [-0.2, 0) is 11.2 Å². The normalized spacial score (nSPS) is 17.0. The third kappa shape index (κ3) is 2.55. The number of rotatable bonds is 3. The number of aromatic amines is 1. The predicted octanol–water partition coefficient (Wildman–Crippen LogP) is 3.85. The average molecular weight is 315 g/mol. The van der Waals surface area contributed by atoms with Crippen LogP contribution < -0.4 is 5.32 Å². The molecule has 3 aromatic rings. The van der Waals surface area contributed by atoms with Gasteiger partial charge < -0.3 is 10.3 Å². The van der Waals surface area contributed by atoms with Gasteiger partial charge in [-0.3, -0.25) is 4.79 Å². The quantitative estimate of drug-likeness (QED) is 0.770. The third-order valence-corrected chi connectivity index (χ3v) is 4.68. The van der Waals surface area contributed by atoms with E-state index in [0.717, 1.165) is 39.6 Å². The average Bonchev–Trinajstić information content (AvgIpc) is 3.22. The molecule has 4 nitrogen and oxygen atoms in total. The lowest BCUT2D eigenvalue weighted by Crippen LogP contribution is -2.18. The zero-order valence-corrected chi connectivity index (χ0v) is 13.2. The lowest BCUT2D eigenvalue weighted by Gasteiger charge is -2.11. The van der Waals surface area contributed by atoms with E-state index in [9.17, 15) is 4.79 Å². The number of hydrogen-bond donors (Lipinski definition) is 2. The zero-order valence-electron chi connectivity index (χ0n) is 13.2. The molecule has 2 aromatic carbocycles. The maximum Gasteiger partial charge on any atom is 0.220 e. The van der Waals surface area contributed by atoms with Crippen molar-refractivity contribution in [3.05, 3.63) is 59.8 Å². The molecule has 4 heteroatoms. The summed E-state index contributed by atoms with van der Waals surface area (Å²) >= 11 is 0. The van der Waals surface area contributed by atoms with E-state index in [-0.39, 0.29) is 11.9 Å². The highest BCUT2D eigenvalue weighted by Crippen LogP contribution is 2.29. The Morgan fingerprint density at radius 1 is 1.12 bits per heavy atom. The van der Waals surface area contributed by atoms with Gasteiger partial charge in [-0.2, -0.15) is 5.26 Å². The van der Waals surface area contributed by atoms with Crippen LogP contribution in [0, 0.1) is 11.3 Å². The molecule has 1 fully saturated rings. The number of carbonyl (C=O) groups is 1. The highest BCUT2D eigenvalue weighted by molar-refractivity contribution is 5.88. The number of benzene rings is 2. The van der Waals surface area contributed by atoms with E-state index in [1.165, 1.54) is 0 Å². The number of H-pyrrole nitrogens is 1. The molecule has 118 valence electrons. The Hall–Kier alpha value is -3.06. The van der Waals surface area contributed by atoms with Crippen LogP contribution in [0.5, 0.6) is 0 Å². The van der Waals surface area contributed by atoms with Crippen LogP contribution in [0.3, 0.4) is 0 Å². The molecule has 1 atom stereocenters. The smallest absolute Gasteiger partial charge is 0.220 e. The topological polar surface area (TPSA) is 68.7 Å². The largest absolute Gasteiger partial charge is 0.361 e. The van der Waals surface area contributed by atoms with Crippen LogP contribution in [0.1, 0.15) is 30.0 Å². The lowest BCUT2D eigenvalue weighted by atomic mass is 9.99. The van der Waals surface area contributed by atoms with E-state index < -0.39 is 0 Å². The summed E-state index contributed by atoms with van der Waals surface area (Å²) in [4.78, 5) is 14.6. The first-order valence-electron chi connectivity index (χ1n) is 8.11. The molecule has 1 aliphatic heterocycles. The Labute approximate surface area is 140 Å². The number of carbonyl (C=O) groups excluding carboxylic acids is 1. The molecule has 0 aliphatic carbocycles. The molecular weight excluding hydrogens is 298 g/mol. The standard InChI is InChI=1S/C20H17N3O/c21-10-9-16-12-22-19-11-15(5-6-17(16)19)13-1-3-14(4-2-13)18-7-8-20(24)23-18/h1-6,11-12,18,22H,7-9H2,(H,23,24). The van der Waals surface area contributed by atoms with Crippen LogP contribution in [-0.4, -0.2) is 10.9 Å². The van der Waals surface area contributed by atoms with E-state index in [1.54, 1.807) is 0 Å². The Morgan fingerprint density at radius 3 is 2.62 bits per heavy atom. The second-order valence-electron chi connectivity index (χ2n) is 6.19. The molecule has 0 spiro atoms. The van der Waals surface area contributed by atoms with Gasteiger partial charge in [0.2, 0.25) is 5.91 Å². The van der Waals surface area contributed by atoms with Gasteiger partial charge in [0, 0.05) is 23.5 Å². The van der Waals surface area contributed by atoms with Crippen LogP contribution >= 0.6 is 0 Å². The van der Waals surface area contributed by atoms with Crippen molar-refractivity contribution in [2.45, 2.75) is 25.3 Å². The maximum atomic E-state index is 11.4. The number of nitrogens with one attached hydrogen (secondary N) is 2. The van der Waals surface area contributed by atoms with Crippen molar-refractivity contribution in [2.75, 3.05) is 0 Å².